The molecule has 0 N–H and O–H groups in total. The summed E-state index contributed by atoms with van der Waals surface area (Å²) in [5, 5.41) is 0. The molecule has 1 atom stereocenters. The van der Waals surface area contributed by atoms with E-state index in [2.05, 4.69) is 6.58 Å². The van der Waals surface area contributed by atoms with Gasteiger partial charge in [0, 0.05) is 17.7 Å². The number of oxazole rings is 1. The van der Waals surface area contributed by atoms with Crippen LogP contribution >= 0.6 is 0 Å². The highest BCUT2D eigenvalue weighted by molar-refractivity contribution is 6.04. The molecular weight excluding hydrogens is 400 g/mol. The zero-order valence-corrected chi connectivity index (χ0v) is 17.1. The van der Waals surface area contributed by atoms with Gasteiger partial charge in [0.2, 0.25) is 0 Å². The number of carbonyl (C=O) groups is 3. The largest absolute Gasteiger partial charge is 0.482 e. The second kappa shape index (κ2) is 7.71. The van der Waals surface area contributed by atoms with Crippen LogP contribution in [0.4, 0.5) is 5.69 Å². The van der Waals surface area contributed by atoms with Crippen molar-refractivity contribution >= 4 is 34.3 Å². The standard InChI is InChI=1S/C23H20N2O6/c1-4-9-24-18-10-16(6-8-19(18)30-12-21(24)27)22(28)13(2)25-17-7-5-15(14(3)26)11-20(17)31-23(25)29/h4-8,10-11,13H,1,9,12H2,2-3H3. The molecule has 3 aromatic rings. The van der Waals surface area contributed by atoms with Gasteiger partial charge < -0.3 is 14.1 Å². The van der Waals surface area contributed by atoms with Crippen LogP contribution < -0.4 is 15.4 Å². The van der Waals surface area contributed by atoms with Crippen LogP contribution in [0.5, 0.6) is 5.75 Å². The lowest BCUT2D eigenvalue weighted by Gasteiger charge is -2.29. The normalized spacial score (nSPS) is 14.1. The molecule has 0 aliphatic carbocycles. The van der Waals surface area contributed by atoms with Crippen LogP contribution in [-0.4, -0.2) is 35.2 Å². The van der Waals surface area contributed by atoms with Gasteiger partial charge in [-0.1, -0.05) is 6.08 Å². The summed E-state index contributed by atoms with van der Waals surface area (Å²) in [6.07, 6.45) is 1.59. The van der Waals surface area contributed by atoms with Gasteiger partial charge in [0.1, 0.15) is 11.8 Å². The molecule has 0 saturated heterocycles. The van der Waals surface area contributed by atoms with Crippen LogP contribution in [0.1, 0.15) is 40.6 Å². The number of amides is 1. The molecule has 2 heterocycles. The highest BCUT2D eigenvalue weighted by atomic mass is 16.5. The number of rotatable bonds is 6. The van der Waals surface area contributed by atoms with Gasteiger partial charge in [-0.25, -0.2) is 4.79 Å². The van der Waals surface area contributed by atoms with Crippen molar-refractivity contribution < 1.29 is 23.5 Å². The monoisotopic (exact) mass is 420 g/mol. The number of fused-ring (bicyclic) bond motifs is 2. The molecule has 1 aromatic heterocycles. The lowest BCUT2D eigenvalue weighted by atomic mass is 10.0. The van der Waals surface area contributed by atoms with Crippen molar-refractivity contribution in [3.63, 3.8) is 0 Å². The van der Waals surface area contributed by atoms with Crippen LogP contribution in [-0.2, 0) is 4.79 Å². The predicted octanol–water partition coefficient (Wildman–Crippen LogP) is 3.15. The Hall–Kier alpha value is -3.94. The van der Waals surface area contributed by atoms with Crippen LogP contribution in [0.25, 0.3) is 11.1 Å². The number of benzene rings is 2. The molecule has 0 spiro atoms. The number of carbonyl (C=O) groups excluding carboxylic acids is 3. The average molecular weight is 420 g/mol. The minimum atomic E-state index is -0.872. The first kappa shape index (κ1) is 20.3. The average Bonchev–Trinajstić information content (AvgIpc) is 3.09. The Labute approximate surface area is 177 Å². The molecule has 8 heteroatoms. The van der Waals surface area contributed by atoms with Gasteiger partial charge in [-0.2, -0.15) is 0 Å². The second-order valence-corrected chi connectivity index (χ2v) is 7.28. The quantitative estimate of drug-likeness (QED) is 0.449. The van der Waals surface area contributed by atoms with Crippen LogP contribution in [0.15, 0.2) is 58.3 Å². The summed E-state index contributed by atoms with van der Waals surface area (Å²) in [6, 6.07) is 8.60. The maximum absolute atomic E-state index is 13.2. The molecule has 31 heavy (non-hydrogen) atoms. The molecule has 4 rings (SSSR count). The SMILES string of the molecule is C=CCN1C(=O)COc2ccc(C(=O)C(C)n3c(=O)oc4cc(C(C)=O)ccc43)cc21. The van der Waals surface area contributed by atoms with E-state index in [1.807, 2.05) is 0 Å². The van der Waals surface area contributed by atoms with Crippen molar-refractivity contribution in [3.8, 4) is 5.75 Å². The van der Waals surface area contributed by atoms with Gasteiger partial charge in [-0.3, -0.25) is 19.0 Å². The minimum Gasteiger partial charge on any atom is -0.482 e. The third kappa shape index (κ3) is 3.46. The Bertz CT molecular complexity index is 1300. The highest BCUT2D eigenvalue weighted by Gasteiger charge is 2.28. The number of aromatic nitrogens is 1. The van der Waals surface area contributed by atoms with E-state index < -0.39 is 11.8 Å². The summed E-state index contributed by atoms with van der Waals surface area (Å²) in [6.45, 7) is 6.89. The van der Waals surface area contributed by atoms with Crippen molar-refractivity contribution in [2.75, 3.05) is 18.1 Å². The number of ketones is 2. The zero-order valence-electron chi connectivity index (χ0n) is 17.1. The van der Waals surface area contributed by atoms with E-state index in [1.54, 1.807) is 43.3 Å². The van der Waals surface area contributed by atoms with Crippen LogP contribution in [0, 0.1) is 0 Å². The van der Waals surface area contributed by atoms with Crippen molar-refractivity contribution in [2.45, 2.75) is 19.9 Å². The van der Waals surface area contributed by atoms with Gasteiger partial charge in [0.15, 0.2) is 23.8 Å². The van der Waals surface area contributed by atoms with Crippen molar-refractivity contribution in [1.29, 1.82) is 0 Å². The number of anilines is 1. The van der Waals surface area contributed by atoms with E-state index in [4.69, 9.17) is 9.15 Å². The van der Waals surface area contributed by atoms with Crippen molar-refractivity contribution in [1.82, 2.24) is 4.57 Å². The van der Waals surface area contributed by atoms with Crippen molar-refractivity contribution in [2.24, 2.45) is 0 Å². The first-order valence-electron chi connectivity index (χ1n) is 9.70. The smallest absolute Gasteiger partial charge is 0.420 e. The van der Waals surface area contributed by atoms with Crippen LogP contribution in [0.2, 0.25) is 0 Å². The van der Waals surface area contributed by atoms with Crippen molar-refractivity contribution in [3.05, 3.63) is 70.7 Å². The summed E-state index contributed by atoms with van der Waals surface area (Å²) < 4.78 is 12.0. The van der Waals surface area contributed by atoms with Gasteiger partial charge in [-0.05, 0) is 50.2 Å². The number of hydrogen-bond acceptors (Lipinski definition) is 6. The lowest BCUT2D eigenvalue weighted by Crippen LogP contribution is -2.39. The molecule has 0 fully saturated rings. The van der Waals surface area contributed by atoms with E-state index >= 15 is 0 Å². The van der Waals surface area contributed by atoms with Gasteiger partial charge in [0.05, 0.1) is 11.2 Å². The zero-order chi connectivity index (χ0) is 22.3. The van der Waals surface area contributed by atoms with Gasteiger partial charge >= 0.3 is 5.76 Å². The number of hydrogen-bond donors (Lipinski definition) is 0. The molecule has 0 radical (unpaired) electrons. The fraction of sp³-hybridized carbons (Fsp3) is 0.217. The van der Waals surface area contributed by atoms with E-state index in [0.717, 1.165) is 0 Å². The third-order valence-electron chi connectivity index (χ3n) is 5.28. The predicted molar refractivity (Wildman–Crippen MR) is 114 cm³/mol. The molecule has 1 amide bonds. The Morgan fingerprint density at radius 2 is 1.90 bits per heavy atom. The molecule has 0 saturated carbocycles. The van der Waals surface area contributed by atoms with E-state index in [0.29, 0.717) is 28.1 Å². The first-order valence-corrected chi connectivity index (χ1v) is 9.70. The Morgan fingerprint density at radius 3 is 2.61 bits per heavy atom. The Balaban J connectivity index is 1.73. The van der Waals surface area contributed by atoms with E-state index in [1.165, 1.54) is 22.5 Å². The Kier molecular flexibility index (Phi) is 5.06. The summed E-state index contributed by atoms with van der Waals surface area (Å²) in [4.78, 5) is 51.0. The number of ether oxygens (including phenoxy) is 1. The first-order chi connectivity index (χ1) is 14.8. The molecule has 2 aromatic carbocycles. The van der Waals surface area contributed by atoms with E-state index in [-0.39, 0.29) is 36.2 Å². The number of nitrogens with zero attached hydrogens (tertiary/aromatic N) is 2. The second-order valence-electron chi connectivity index (χ2n) is 7.28. The maximum Gasteiger partial charge on any atom is 0.420 e. The minimum absolute atomic E-state index is 0.0802. The summed E-state index contributed by atoms with van der Waals surface area (Å²) in [7, 11) is 0. The van der Waals surface area contributed by atoms with Gasteiger partial charge in [-0.15, -0.1) is 6.58 Å². The summed E-state index contributed by atoms with van der Waals surface area (Å²) in [5.74, 6) is -0.922. The molecule has 8 nitrogen and oxygen atoms in total. The molecule has 158 valence electrons. The summed E-state index contributed by atoms with van der Waals surface area (Å²) >= 11 is 0. The summed E-state index contributed by atoms with van der Waals surface area (Å²) in [5.41, 5.74) is 1.86. The lowest BCUT2D eigenvalue weighted by molar-refractivity contribution is -0.121. The van der Waals surface area contributed by atoms with Crippen LogP contribution in [0.3, 0.4) is 0 Å². The molecule has 0 bridgehead atoms. The third-order valence-corrected chi connectivity index (χ3v) is 5.28. The molecule has 1 aliphatic heterocycles. The fourth-order valence-corrected chi connectivity index (χ4v) is 3.67. The fourth-order valence-electron chi connectivity index (χ4n) is 3.67. The number of Topliss-reactive ketones (excluding diaryl/α,β-unsaturated/α-hetero) is 2. The van der Waals surface area contributed by atoms with Gasteiger partial charge in [0.25, 0.3) is 5.91 Å². The topological polar surface area (TPSA) is 98.8 Å². The maximum atomic E-state index is 13.2. The molecule has 1 aliphatic rings. The highest BCUT2D eigenvalue weighted by Crippen LogP contribution is 2.34. The van der Waals surface area contributed by atoms with E-state index in [9.17, 15) is 19.2 Å². The Morgan fingerprint density at radius 1 is 1.16 bits per heavy atom. The molecule has 1 unspecified atom stereocenters. The molecular formula is C23H20N2O6.